The lowest BCUT2D eigenvalue weighted by molar-refractivity contribution is -0.193. The van der Waals surface area contributed by atoms with Gasteiger partial charge in [0, 0.05) is 112 Å². The summed E-state index contributed by atoms with van der Waals surface area (Å²) in [4.78, 5) is 114. The molecule has 0 bridgehead atoms. The van der Waals surface area contributed by atoms with Crippen molar-refractivity contribution in [2.45, 2.75) is 55.4 Å². The molecule has 0 saturated carbocycles. The summed E-state index contributed by atoms with van der Waals surface area (Å²) in [5.41, 5.74) is 38.3. The maximum absolute atomic E-state index is 11.2. The van der Waals surface area contributed by atoms with Gasteiger partial charge >= 0.3 is 48.5 Å². The predicted octanol–water partition coefficient (Wildman–Crippen LogP) is 16.6. The zero-order chi connectivity index (χ0) is 89.1. The molecule has 0 amide bonds. The highest BCUT2D eigenvalue weighted by Crippen LogP contribution is 2.27. The molecule has 14 aromatic rings. The summed E-state index contributed by atoms with van der Waals surface area (Å²) in [5, 5.41) is 50.7. The van der Waals surface area contributed by atoms with Crippen LogP contribution in [0.25, 0.3) is 77.5 Å². The van der Waals surface area contributed by atoms with Crippen LogP contribution >= 0.6 is 0 Å². The molecule has 6 heterocycles. The minimum atomic E-state index is -0.970. The van der Waals surface area contributed by atoms with Crippen molar-refractivity contribution >= 4 is 59.9 Å². The third-order valence-electron chi connectivity index (χ3n) is 16.8. The van der Waals surface area contributed by atoms with Gasteiger partial charge in [0.25, 0.3) is 0 Å². The zero-order valence-corrected chi connectivity index (χ0v) is 66.2. The van der Waals surface area contributed by atoms with Crippen molar-refractivity contribution in [3.8, 4) is 81.3 Å². The number of ether oxygens (including phenoxy) is 1. The molecule has 0 aliphatic carbocycles. The van der Waals surface area contributed by atoms with E-state index in [1.165, 1.54) is 48.1 Å². The lowest BCUT2D eigenvalue weighted by Gasteiger charge is -2.11. The number of hydrogen-bond donors (Lipinski definition) is 3. The number of carboxylic acids is 3. The summed E-state index contributed by atoms with van der Waals surface area (Å²) in [6.07, 6.45) is 15.1. The molecule has 8 aromatic carbocycles. The number of methoxy groups -OCH3 is 1. The number of nitrogens with zero attached hydrogens (tertiary/aromatic N) is 16. The standard InChI is InChI=1S/2C21H18N4O2.C14H13N.C12H12N4.C9H6O2.C8H7N3O2.4CO2/c1-14-9-10-15(2)25(14)19-8-3-5-16(11-19)20-13-24(23-22-20)18-7-4-6-17(12-18)21(26)27;1-14-9-10-15(2)25(14)19-8-4-7-18(12-19)24-13-20(22-23-24)16-5-3-6-17(11-16)21(26)27;1-4-13-6-5-7-14(10-13)15-11(2)8-9-12(15)3;1-9-6-7-10(2)16(9)12-5-3-4-11(8-12)14-15-13;1-2-7-4-3-5-8(6-7)9(10)11;1-13-8(12)6-3-2-4-7(5-6)10-11-9;4*2-1-3/h2*3-13H,1-2H3,(H,26,27);1,5-10H,2-3H3;3-8H,1-2H3;1,3-6H,(H,10,11);2-5H,1H3;;;;. The van der Waals surface area contributed by atoms with Gasteiger partial charge in [0.2, 0.25) is 0 Å². The van der Waals surface area contributed by atoms with Gasteiger partial charge < -0.3 is 38.3 Å². The van der Waals surface area contributed by atoms with Gasteiger partial charge in [0.15, 0.2) is 0 Å². The number of azide groups is 2. The van der Waals surface area contributed by atoms with Gasteiger partial charge in [-0.05, 0) is 236 Å². The first-order valence-electron chi connectivity index (χ1n) is 35.2. The lowest BCUT2D eigenvalue weighted by Crippen LogP contribution is -2.01. The number of aryl methyl sites for hydroxylation is 8. The van der Waals surface area contributed by atoms with Crippen LogP contribution in [0.5, 0.6) is 0 Å². The molecular formula is C89H74N16O16. The molecule has 0 saturated heterocycles. The van der Waals surface area contributed by atoms with Crippen LogP contribution in [0.1, 0.15) is 98.1 Å². The van der Waals surface area contributed by atoms with Crippen molar-refractivity contribution in [2.75, 3.05) is 7.11 Å². The van der Waals surface area contributed by atoms with E-state index in [0.29, 0.717) is 33.9 Å². The first kappa shape index (κ1) is 93.9. The Labute approximate surface area is 691 Å². The Morgan fingerprint density at radius 1 is 0.355 bits per heavy atom. The average molecular weight is 1620 g/mol. The van der Waals surface area contributed by atoms with Crippen LogP contribution in [0.4, 0.5) is 11.4 Å². The number of terminal acetylenes is 2. The normalized spacial score (nSPS) is 9.38. The summed E-state index contributed by atoms with van der Waals surface area (Å²) in [6, 6.07) is 74.3. The SMILES string of the molecule is C#Cc1cccc(-n2c(C)ccc2C)c1.C#Cc1cccc(C(=O)O)c1.COC(=O)c1cccc(N=[N+]=[N-])c1.Cc1ccc(C)n1-c1cccc(-c2cn(-c3cccc(C(=O)O)c3)nn2)c1.Cc1ccc(C)n1-c1cccc(-n2cc(-c3cccc(C(=O)O)c3)nn2)c1.Cc1ccc(C)n1-c1cccc(N=[N+]=[N-])c1.O=C=O.O=C=O.O=C=O.O=C=O. The highest BCUT2D eigenvalue weighted by atomic mass is 16.5. The van der Waals surface area contributed by atoms with Crippen molar-refractivity contribution in [1.29, 1.82) is 0 Å². The Bertz CT molecular complexity index is 5980. The van der Waals surface area contributed by atoms with Crippen molar-refractivity contribution in [3.63, 3.8) is 0 Å². The Hall–Kier alpha value is -17.7. The Kier molecular flexibility index (Phi) is 37.5. The number of benzene rings is 8. The van der Waals surface area contributed by atoms with Crippen LogP contribution in [-0.4, -0.2) is 119 Å². The van der Waals surface area contributed by atoms with Gasteiger partial charge in [-0.25, -0.2) is 28.5 Å². The summed E-state index contributed by atoms with van der Waals surface area (Å²) in [5.74, 6) is 1.67. The van der Waals surface area contributed by atoms with Gasteiger partial charge in [-0.15, -0.1) is 23.0 Å². The molecule has 0 aliphatic rings. The molecule has 3 N–H and O–H groups in total. The first-order valence-corrected chi connectivity index (χ1v) is 35.2. The van der Waals surface area contributed by atoms with Gasteiger partial charge in [-0.2, -0.15) is 38.4 Å². The molecule has 0 aliphatic heterocycles. The van der Waals surface area contributed by atoms with Gasteiger partial charge in [-0.1, -0.05) is 105 Å². The zero-order valence-electron chi connectivity index (χ0n) is 66.2. The van der Waals surface area contributed by atoms with E-state index in [1.54, 1.807) is 101 Å². The van der Waals surface area contributed by atoms with Crippen LogP contribution < -0.4 is 0 Å². The van der Waals surface area contributed by atoms with E-state index in [-0.39, 0.29) is 41.3 Å². The monoisotopic (exact) mass is 1620 g/mol. The van der Waals surface area contributed by atoms with Gasteiger partial charge in [-0.3, -0.25) is 0 Å². The Morgan fingerprint density at radius 2 is 0.645 bits per heavy atom. The molecule has 6 aromatic heterocycles. The third-order valence-corrected chi connectivity index (χ3v) is 16.8. The fraction of sp³-hybridized carbons (Fsp3) is 0.101. The molecule has 0 unspecified atom stereocenters. The second kappa shape index (κ2) is 48.4. The van der Waals surface area contributed by atoms with E-state index in [1.807, 2.05) is 86.6 Å². The number of carbonyl (C=O) groups is 4. The van der Waals surface area contributed by atoms with Crippen molar-refractivity contribution < 1.29 is 77.6 Å². The number of rotatable bonds is 14. The van der Waals surface area contributed by atoms with Crippen LogP contribution in [0, 0.1) is 80.1 Å². The predicted molar refractivity (Wildman–Crippen MR) is 440 cm³/mol. The Morgan fingerprint density at radius 3 is 1.05 bits per heavy atom. The van der Waals surface area contributed by atoms with E-state index in [2.05, 4.69) is 190 Å². The van der Waals surface area contributed by atoms with Crippen LogP contribution in [0.2, 0.25) is 0 Å². The number of aromatic nitrogens is 10. The highest BCUT2D eigenvalue weighted by molar-refractivity contribution is 5.91. The topological polar surface area (TPSA) is 453 Å². The summed E-state index contributed by atoms with van der Waals surface area (Å²) < 4.78 is 16.5. The van der Waals surface area contributed by atoms with Crippen molar-refractivity contribution in [2.24, 2.45) is 10.2 Å². The van der Waals surface area contributed by atoms with Crippen LogP contribution in [0.15, 0.2) is 265 Å². The van der Waals surface area contributed by atoms with E-state index < -0.39 is 23.9 Å². The largest absolute Gasteiger partial charge is 0.478 e. The van der Waals surface area contributed by atoms with Gasteiger partial charge in [0.1, 0.15) is 11.4 Å². The van der Waals surface area contributed by atoms with Crippen molar-refractivity contribution in [3.05, 3.63) is 355 Å². The summed E-state index contributed by atoms with van der Waals surface area (Å²) in [7, 11) is 1.29. The second-order valence-electron chi connectivity index (χ2n) is 24.7. The molecule has 0 fully saturated rings. The van der Waals surface area contributed by atoms with E-state index >= 15 is 0 Å². The fourth-order valence-electron chi connectivity index (χ4n) is 11.6. The molecule has 121 heavy (non-hydrogen) atoms. The lowest BCUT2D eigenvalue weighted by atomic mass is 10.1. The third kappa shape index (κ3) is 27.8. The maximum atomic E-state index is 11.2. The molecule has 14 rings (SSSR count). The molecule has 32 heteroatoms. The molecule has 606 valence electrons. The average Bonchev–Trinajstić information content (AvgIpc) is 1.66. The van der Waals surface area contributed by atoms with Gasteiger partial charge in [0.05, 0.1) is 53.1 Å². The van der Waals surface area contributed by atoms with Crippen LogP contribution in [0.3, 0.4) is 0 Å². The molecular weight excluding hydrogens is 1550 g/mol. The van der Waals surface area contributed by atoms with E-state index in [0.717, 1.165) is 73.6 Å². The quantitative estimate of drug-likeness (QED) is 0.0299. The summed E-state index contributed by atoms with van der Waals surface area (Å²) in [6.45, 7) is 16.6. The number of carbonyl (C=O) groups excluding carboxylic acids is 9. The van der Waals surface area contributed by atoms with Crippen LogP contribution in [-0.2, 0) is 43.1 Å². The number of carboxylic acid groups (broad SMARTS) is 3. The summed E-state index contributed by atoms with van der Waals surface area (Å²) >= 11 is 0. The number of esters is 1. The molecule has 0 spiro atoms. The first-order chi connectivity index (χ1) is 58.2. The minimum Gasteiger partial charge on any atom is -0.478 e. The second-order valence-corrected chi connectivity index (χ2v) is 24.7. The highest BCUT2D eigenvalue weighted by Gasteiger charge is 2.15. The van der Waals surface area contributed by atoms with Crippen molar-refractivity contribution in [1.82, 2.24) is 48.3 Å². The number of aromatic carboxylic acids is 3. The molecule has 32 nitrogen and oxygen atoms in total. The molecule has 0 radical (unpaired) electrons. The van der Waals surface area contributed by atoms with E-state index in [4.69, 9.17) is 77.6 Å². The molecule has 0 atom stereocenters. The van der Waals surface area contributed by atoms with E-state index in [9.17, 15) is 19.2 Å². The minimum absolute atomic E-state index is 0.213. The number of hydrogen-bond acceptors (Lipinski definition) is 19. The Balaban J connectivity index is 0.000000258. The fourth-order valence-corrected chi connectivity index (χ4v) is 11.6. The smallest absolute Gasteiger partial charge is 0.373 e. The maximum Gasteiger partial charge on any atom is 0.373 e.